The molecular weight excluding hydrogens is 222 g/mol. The molecule has 1 aromatic heterocycles. The van der Waals surface area contributed by atoms with E-state index < -0.39 is 0 Å². The number of aromatic amines is 1. The summed E-state index contributed by atoms with van der Waals surface area (Å²) >= 11 is 0. The summed E-state index contributed by atoms with van der Waals surface area (Å²) in [6.45, 7) is 2.34. The van der Waals surface area contributed by atoms with E-state index in [1.54, 1.807) is 0 Å². The highest BCUT2D eigenvalue weighted by molar-refractivity contribution is 5.85. The molecule has 18 heavy (non-hydrogen) atoms. The number of fused-ring (bicyclic) bond motifs is 5. The standard InChI is InChI=1S/C15H19N3/c16-10-5-7-18-8-6-12-11-3-1-2-4-13(11)17-15(12)14(18)9-10/h1-4,10,14,17H,5-9,16H2/t10-,14-/m0/s1. The van der Waals surface area contributed by atoms with Gasteiger partial charge < -0.3 is 10.7 Å². The zero-order valence-electron chi connectivity index (χ0n) is 10.5. The van der Waals surface area contributed by atoms with Crippen molar-refractivity contribution in [3.63, 3.8) is 0 Å². The lowest BCUT2D eigenvalue weighted by atomic mass is 9.89. The average molecular weight is 241 g/mol. The minimum absolute atomic E-state index is 0.364. The summed E-state index contributed by atoms with van der Waals surface area (Å²) in [6, 6.07) is 9.54. The molecule has 2 atom stereocenters. The van der Waals surface area contributed by atoms with Crippen LogP contribution in [0.25, 0.3) is 10.9 Å². The number of H-pyrrole nitrogens is 1. The smallest absolute Gasteiger partial charge is 0.0516 e. The minimum atomic E-state index is 0.364. The third-order valence-corrected chi connectivity index (χ3v) is 4.58. The second-order valence-electron chi connectivity index (χ2n) is 5.65. The van der Waals surface area contributed by atoms with Gasteiger partial charge in [-0.05, 0) is 30.9 Å². The molecule has 1 saturated heterocycles. The number of nitrogens with two attached hydrogens (primary N) is 1. The number of benzene rings is 1. The van der Waals surface area contributed by atoms with Crippen LogP contribution in [0.1, 0.15) is 30.1 Å². The van der Waals surface area contributed by atoms with Crippen LogP contribution in [0.2, 0.25) is 0 Å². The van der Waals surface area contributed by atoms with Gasteiger partial charge in [0.05, 0.1) is 6.04 Å². The lowest BCUT2D eigenvalue weighted by Crippen LogP contribution is -2.45. The van der Waals surface area contributed by atoms with Crippen molar-refractivity contribution < 1.29 is 0 Å². The highest BCUT2D eigenvalue weighted by atomic mass is 15.2. The Balaban J connectivity index is 1.86. The Labute approximate surface area is 107 Å². The summed E-state index contributed by atoms with van der Waals surface area (Å²) in [5.74, 6) is 0. The third-order valence-electron chi connectivity index (χ3n) is 4.58. The first-order chi connectivity index (χ1) is 8.83. The molecule has 3 heterocycles. The normalized spacial score (nSPS) is 28.1. The second-order valence-corrected chi connectivity index (χ2v) is 5.65. The van der Waals surface area contributed by atoms with Crippen LogP contribution in [0.4, 0.5) is 0 Å². The van der Waals surface area contributed by atoms with Crippen LogP contribution < -0.4 is 5.73 Å². The van der Waals surface area contributed by atoms with E-state index in [1.807, 2.05) is 0 Å². The number of aromatic nitrogens is 1. The number of hydrogen-bond donors (Lipinski definition) is 2. The summed E-state index contributed by atoms with van der Waals surface area (Å²) in [5.41, 5.74) is 10.4. The lowest BCUT2D eigenvalue weighted by Gasteiger charge is -2.41. The van der Waals surface area contributed by atoms with Crippen molar-refractivity contribution in [3.8, 4) is 0 Å². The Kier molecular flexibility index (Phi) is 2.26. The number of hydrogen-bond acceptors (Lipinski definition) is 2. The molecular formula is C15H19N3. The number of nitrogens with zero attached hydrogens (tertiary/aromatic N) is 1. The van der Waals surface area contributed by atoms with Crippen LogP contribution in [0.3, 0.4) is 0 Å². The molecule has 94 valence electrons. The molecule has 0 amide bonds. The molecule has 1 aromatic carbocycles. The quantitative estimate of drug-likeness (QED) is 0.742. The Morgan fingerprint density at radius 2 is 2.11 bits per heavy atom. The molecule has 4 rings (SSSR count). The first kappa shape index (κ1) is 10.6. The molecule has 2 aliphatic rings. The molecule has 0 bridgehead atoms. The topological polar surface area (TPSA) is 45.0 Å². The van der Waals surface area contributed by atoms with E-state index in [0.29, 0.717) is 12.1 Å². The molecule has 2 aromatic rings. The van der Waals surface area contributed by atoms with Crippen molar-refractivity contribution in [3.05, 3.63) is 35.5 Å². The van der Waals surface area contributed by atoms with E-state index in [4.69, 9.17) is 5.73 Å². The fourth-order valence-electron chi connectivity index (χ4n) is 3.64. The van der Waals surface area contributed by atoms with Crippen molar-refractivity contribution in [1.82, 2.24) is 9.88 Å². The van der Waals surface area contributed by atoms with Crippen LogP contribution in [-0.4, -0.2) is 29.0 Å². The van der Waals surface area contributed by atoms with Gasteiger partial charge in [0.2, 0.25) is 0 Å². The van der Waals surface area contributed by atoms with Crippen LogP contribution in [0.5, 0.6) is 0 Å². The Morgan fingerprint density at radius 3 is 3.06 bits per heavy atom. The third kappa shape index (κ3) is 1.44. The van der Waals surface area contributed by atoms with Gasteiger partial charge in [0.15, 0.2) is 0 Å². The first-order valence-electron chi connectivity index (χ1n) is 6.92. The number of piperidine rings is 1. The molecule has 0 saturated carbocycles. The van der Waals surface area contributed by atoms with E-state index in [1.165, 1.54) is 35.1 Å². The fourth-order valence-corrected chi connectivity index (χ4v) is 3.64. The zero-order valence-corrected chi connectivity index (χ0v) is 10.5. The SMILES string of the molecule is N[C@H]1CCN2CCc3c([nH]c4ccccc34)[C@@H]2C1. The minimum Gasteiger partial charge on any atom is -0.357 e. The Bertz CT molecular complexity index is 586. The van der Waals surface area contributed by atoms with Crippen LogP contribution in [-0.2, 0) is 6.42 Å². The lowest BCUT2D eigenvalue weighted by molar-refractivity contribution is 0.124. The molecule has 3 N–H and O–H groups in total. The van der Waals surface area contributed by atoms with Crippen LogP contribution >= 0.6 is 0 Å². The highest BCUT2D eigenvalue weighted by Gasteiger charge is 2.34. The van der Waals surface area contributed by atoms with E-state index in [-0.39, 0.29) is 0 Å². The zero-order chi connectivity index (χ0) is 12.1. The van der Waals surface area contributed by atoms with Gasteiger partial charge in [0, 0.05) is 35.7 Å². The monoisotopic (exact) mass is 241 g/mol. The maximum atomic E-state index is 6.15. The molecule has 0 aliphatic carbocycles. The van der Waals surface area contributed by atoms with Gasteiger partial charge in [-0.3, -0.25) is 4.90 Å². The second kappa shape index (κ2) is 3.84. The average Bonchev–Trinajstić information content (AvgIpc) is 2.78. The van der Waals surface area contributed by atoms with Gasteiger partial charge in [0.1, 0.15) is 0 Å². The number of nitrogens with one attached hydrogen (secondary N) is 1. The maximum absolute atomic E-state index is 6.15. The summed E-state index contributed by atoms with van der Waals surface area (Å²) < 4.78 is 0. The predicted molar refractivity (Wildman–Crippen MR) is 73.5 cm³/mol. The van der Waals surface area contributed by atoms with Crippen molar-refractivity contribution in [2.24, 2.45) is 5.73 Å². The summed E-state index contributed by atoms with van der Waals surface area (Å²) in [5, 5.41) is 1.41. The molecule has 0 unspecified atom stereocenters. The first-order valence-corrected chi connectivity index (χ1v) is 6.92. The van der Waals surface area contributed by atoms with Gasteiger partial charge in [-0.15, -0.1) is 0 Å². The Hall–Kier alpha value is -1.32. The molecule has 3 nitrogen and oxygen atoms in total. The van der Waals surface area contributed by atoms with Crippen molar-refractivity contribution in [1.29, 1.82) is 0 Å². The summed E-state index contributed by atoms with van der Waals surface area (Å²) in [4.78, 5) is 6.24. The van der Waals surface area contributed by atoms with Gasteiger partial charge >= 0.3 is 0 Å². The van der Waals surface area contributed by atoms with E-state index >= 15 is 0 Å². The van der Waals surface area contributed by atoms with Gasteiger partial charge in [0.25, 0.3) is 0 Å². The summed E-state index contributed by atoms with van der Waals surface area (Å²) in [7, 11) is 0. The number of rotatable bonds is 0. The van der Waals surface area contributed by atoms with Gasteiger partial charge in [-0.25, -0.2) is 0 Å². The van der Waals surface area contributed by atoms with E-state index in [2.05, 4.69) is 34.1 Å². The van der Waals surface area contributed by atoms with Crippen molar-refractivity contribution in [2.45, 2.75) is 31.3 Å². The Morgan fingerprint density at radius 1 is 1.22 bits per heavy atom. The van der Waals surface area contributed by atoms with Gasteiger partial charge in [-0.1, -0.05) is 18.2 Å². The van der Waals surface area contributed by atoms with E-state index in [9.17, 15) is 0 Å². The summed E-state index contributed by atoms with van der Waals surface area (Å²) in [6.07, 6.45) is 3.41. The molecule has 0 spiro atoms. The molecule has 3 heteroatoms. The number of para-hydroxylation sites is 1. The van der Waals surface area contributed by atoms with Crippen LogP contribution in [0, 0.1) is 0 Å². The molecule has 2 aliphatic heterocycles. The largest absolute Gasteiger partial charge is 0.357 e. The van der Waals surface area contributed by atoms with Crippen LogP contribution in [0.15, 0.2) is 24.3 Å². The highest BCUT2D eigenvalue weighted by Crippen LogP contribution is 2.38. The predicted octanol–water partition coefficient (Wildman–Crippen LogP) is 2.19. The maximum Gasteiger partial charge on any atom is 0.0516 e. The van der Waals surface area contributed by atoms with Crippen molar-refractivity contribution in [2.75, 3.05) is 13.1 Å². The van der Waals surface area contributed by atoms with E-state index in [0.717, 1.165) is 19.4 Å². The molecule has 1 fully saturated rings. The van der Waals surface area contributed by atoms with Crippen molar-refractivity contribution >= 4 is 10.9 Å². The fraction of sp³-hybridized carbons (Fsp3) is 0.467. The molecule has 0 radical (unpaired) electrons. The van der Waals surface area contributed by atoms with Gasteiger partial charge in [-0.2, -0.15) is 0 Å².